The van der Waals surface area contributed by atoms with E-state index in [9.17, 15) is 23.1 Å². The minimum atomic E-state index is -4.53. The summed E-state index contributed by atoms with van der Waals surface area (Å²) in [5.41, 5.74) is 1.18. The number of carbonyl (C=O) groups excluding carboxylic acids is 1. The van der Waals surface area contributed by atoms with Crippen LogP contribution in [0, 0.1) is 0 Å². The van der Waals surface area contributed by atoms with Gasteiger partial charge in [-0.1, -0.05) is 42.5 Å². The molecule has 0 spiro atoms. The quantitative estimate of drug-likeness (QED) is 0.388. The molecule has 1 amide bonds. The molecule has 0 saturated heterocycles. The maximum Gasteiger partial charge on any atom is 0.416 e. The Balaban J connectivity index is 1.60. The van der Waals surface area contributed by atoms with Crippen molar-refractivity contribution in [1.82, 2.24) is 15.1 Å². The summed E-state index contributed by atoms with van der Waals surface area (Å²) in [5, 5.41) is 17.6. The number of nitrogens with zero attached hydrogens (tertiary/aromatic N) is 2. The lowest BCUT2D eigenvalue weighted by molar-refractivity contribution is -0.137. The number of aromatic nitrogens is 2. The smallest absolute Gasteiger partial charge is 0.416 e. The average Bonchev–Trinajstić information content (AvgIpc) is 3.33. The number of nitrogens with one attached hydrogen (secondary N) is 1. The first kappa shape index (κ1) is 24.0. The zero-order valence-corrected chi connectivity index (χ0v) is 18.7. The van der Waals surface area contributed by atoms with Crippen molar-refractivity contribution in [1.29, 1.82) is 0 Å². The molecule has 4 aromatic rings. The maximum absolute atomic E-state index is 13.1. The van der Waals surface area contributed by atoms with E-state index in [2.05, 4.69) is 10.4 Å². The molecule has 2 N–H and O–H groups in total. The highest BCUT2D eigenvalue weighted by molar-refractivity contribution is 6.00. The zero-order chi connectivity index (χ0) is 25.0. The molecular weight excluding hydrogens is 459 g/mol. The first-order chi connectivity index (χ1) is 16.8. The number of methoxy groups -OCH3 is 1. The largest absolute Gasteiger partial charge is 0.497 e. The molecule has 0 aliphatic heterocycles. The topological polar surface area (TPSA) is 76.4 Å². The van der Waals surface area contributed by atoms with Gasteiger partial charge in [0.1, 0.15) is 11.4 Å². The second-order valence-corrected chi connectivity index (χ2v) is 7.75. The molecule has 6 nitrogen and oxygen atoms in total. The minimum Gasteiger partial charge on any atom is -0.497 e. The van der Waals surface area contributed by atoms with E-state index in [-0.39, 0.29) is 17.7 Å². The van der Waals surface area contributed by atoms with Gasteiger partial charge in [0.05, 0.1) is 30.0 Å². The van der Waals surface area contributed by atoms with Gasteiger partial charge >= 0.3 is 6.18 Å². The zero-order valence-electron chi connectivity index (χ0n) is 18.7. The molecule has 1 aromatic heterocycles. The number of halogens is 3. The predicted octanol–water partition coefficient (Wildman–Crippen LogP) is 5.03. The van der Waals surface area contributed by atoms with Crippen LogP contribution in [0.4, 0.5) is 13.2 Å². The summed E-state index contributed by atoms with van der Waals surface area (Å²) in [6.45, 7) is -0.284. The summed E-state index contributed by atoms with van der Waals surface area (Å²) >= 11 is 0. The SMILES string of the molecule is COc1cccc(-c2nn(-c3ccccc3)cc2C(=O)NCC(O)c2cccc(C(F)(F)F)c2)c1. The summed E-state index contributed by atoms with van der Waals surface area (Å²) in [7, 11) is 1.53. The Hall–Kier alpha value is -4.11. The van der Waals surface area contributed by atoms with Gasteiger partial charge in [-0.15, -0.1) is 0 Å². The van der Waals surface area contributed by atoms with Crippen LogP contribution in [0.15, 0.2) is 85.1 Å². The maximum atomic E-state index is 13.1. The van der Waals surface area contributed by atoms with E-state index in [4.69, 9.17) is 4.74 Å². The number of benzene rings is 3. The first-order valence-electron chi connectivity index (χ1n) is 10.7. The summed E-state index contributed by atoms with van der Waals surface area (Å²) in [6.07, 6.45) is -4.29. The third-order valence-corrected chi connectivity index (χ3v) is 5.38. The van der Waals surface area contributed by atoms with Crippen molar-refractivity contribution in [3.8, 4) is 22.7 Å². The third kappa shape index (κ3) is 5.52. The highest BCUT2D eigenvalue weighted by Gasteiger charge is 2.31. The van der Waals surface area contributed by atoms with Crippen molar-refractivity contribution >= 4 is 5.91 Å². The monoisotopic (exact) mass is 481 g/mol. The number of carbonyl (C=O) groups is 1. The van der Waals surface area contributed by atoms with Crippen LogP contribution in [0.5, 0.6) is 5.75 Å². The van der Waals surface area contributed by atoms with Crippen LogP contribution in [0.2, 0.25) is 0 Å². The molecule has 9 heteroatoms. The van der Waals surface area contributed by atoms with Gasteiger partial charge < -0.3 is 15.2 Å². The highest BCUT2D eigenvalue weighted by Crippen LogP contribution is 2.31. The highest BCUT2D eigenvalue weighted by atomic mass is 19.4. The van der Waals surface area contributed by atoms with Crippen LogP contribution >= 0.6 is 0 Å². The van der Waals surface area contributed by atoms with Gasteiger partial charge in [-0.05, 0) is 42.0 Å². The number of alkyl halides is 3. The van der Waals surface area contributed by atoms with E-state index in [1.165, 1.54) is 19.2 Å². The Bertz CT molecular complexity index is 1320. The molecule has 0 radical (unpaired) electrons. The standard InChI is InChI=1S/C26H22F3N3O3/c1-35-21-12-6-8-18(14-21)24-22(16-32(31-24)20-10-3-2-4-11-20)25(34)30-15-23(33)17-7-5-9-19(13-17)26(27,28)29/h2-14,16,23,33H,15H2,1H3,(H,30,34). The molecule has 0 aliphatic carbocycles. The van der Waals surface area contributed by atoms with Crippen molar-refractivity contribution in [2.24, 2.45) is 0 Å². The van der Waals surface area contributed by atoms with E-state index in [1.807, 2.05) is 30.3 Å². The van der Waals surface area contributed by atoms with Gasteiger partial charge in [-0.2, -0.15) is 18.3 Å². The average molecular weight is 481 g/mol. The summed E-state index contributed by atoms with van der Waals surface area (Å²) in [6, 6.07) is 20.7. The van der Waals surface area contributed by atoms with Gasteiger partial charge in [-0.3, -0.25) is 4.79 Å². The van der Waals surface area contributed by atoms with Crippen LogP contribution in [0.3, 0.4) is 0 Å². The Labute approximate surface area is 199 Å². The molecule has 180 valence electrons. The van der Waals surface area contributed by atoms with E-state index >= 15 is 0 Å². The number of ether oxygens (including phenoxy) is 1. The minimum absolute atomic E-state index is 0.0492. The molecule has 1 heterocycles. The Morgan fingerprint density at radius 1 is 1.06 bits per heavy atom. The number of hydrogen-bond acceptors (Lipinski definition) is 4. The Morgan fingerprint density at radius 2 is 1.80 bits per heavy atom. The lowest BCUT2D eigenvalue weighted by Crippen LogP contribution is -2.28. The van der Waals surface area contributed by atoms with Crippen molar-refractivity contribution < 1.29 is 27.8 Å². The van der Waals surface area contributed by atoms with Crippen LogP contribution in [0.1, 0.15) is 27.6 Å². The molecular formula is C26H22F3N3O3. The van der Waals surface area contributed by atoms with Crippen molar-refractivity contribution in [2.75, 3.05) is 13.7 Å². The first-order valence-corrected chi connectivity index (χ1v) is 10.7. The second kappa shape index (κ2) is 10.0. The summed E-state index contributed by atoms with van der Waals surface area (Å²) < 4.78 is 45.8. The Kier molecular flexibility index (Phi) is 6.88. The van der Waals surface area contributed by atoms with Gasteiger partial charge in [0, 0.05) is 18.3 Å². The number of amides is 1. The molecule has 1 atom stereocenters. The van der Waals surface area contributed by atoms with Crippen molar-refractivity contribution in [3.05, 3.63) is 102 Å². The number of rotatable bonds is 7. The molecule has 0 saturated carbocycles. The van der Waals surface area contributed by atoms with Gasteiger partial charge in [0.25, 0.3) is 5.91 Å². The van der Waals surface area contributed by atoms with Crippen LogP contribution in [-0.4, -0.2) is 34.4 Å². The number of para-hydroxylation sites is 1. The molecule has 0 fully saturated rings. The van der Waals surface area contributed by atoms with Crippen LogP contribution in [-0.2, 0) is 6.18 Å². The van der Waals surface area contributed by atoms with E-state index in [0.29, 0.717) is 17.0 Å². The second-order valence-electron chi connectivity index (χ2n) is 7.75. The Morgan fingerprint density at radius 3 is 2.51 bits per heavy atom. The van der Waals surface area contributed by atoms with E-state index in [0.717, 1.165) is 17.8 Å². The van der Waals surface area contributed by atoms with Crippen LogP contribution < -0.4 is 10.1 Å². The summed E-state index contributed by atoms with van der Waals surface area (Å²) in [5.74, 6) is 0.0547. The fourth-order valence-corrected chi connectivity index (χ4v) is 3.56. The summed E-state index contributed by atoms with van der Waals surface area (Å²) in [4.78, 5) is 13.1. The fourth-order valence-electron chi connectivity index (χ4n) is 3.56. The lowest BCUT2D eigenvalue weighted by atomic mass is 10.0. The third-order valence-electron chi connectivity index (χ3n) is 5.38. The van der Waals surface area contributed by atoms with Gasteiger partial charge in [0.2, 0.25) is 0 Å². The fraction of sp³-hybridized carbons (Fsp3) is 0.154. The van der Waals surface area contributed by atoms with Crippen molar-refractivity contribution in [2.45, 2.75) is 12.3 Å². The van der Waals surface area contributed by atoms with Gasteiger partial charge in [-0.25, -0.2) is 4.68 Å². The van der Waals surface area contributed by atoms with E-state index in [1.54, 1.807) is 35.1 Å². The molecule has 35 heavy (non-hydrogen) atoms. The molecule has 1 unspecified atom stereocenters. The number of hydrogen-bond donors (Lipinski definition) is 2. The van der Waals surface area contributed by atoms with Crippen LogP contribution in [0.25, 0.3) is 16.9 Å². The predicted molar refractivity (Wildman–Crippen MR) is 124 cm³/mol. The molecule has 3 aromatic carbocycles. The molecule has 0 bridgehead atoms. The number of aliphatic hydroxyl groups is 1. The molecule has 0 aliphatic rings. The van der Waals surface area contributed by atoms with Crippen molar-refractivity contribution in [3.63, 3.8) is 0 Å². The number of aliphatic hydroxyl groups excluding tert-OH is 1. The molecule has 4 rings (SSSR count). The van der Waals surface area contributed by atoms with E-state index < -0.39 is 23.8 Å². The van der Waals surface area contributed by atoms with Gasteiger partial charge in [0.15, 0.2) is 0 Å². The normalized spacial score (nSPS) is 12.3. The lowest BCUT2D eigenvalue weighted by Gasteiger charge is -2.14.